The predicted octanol–water partition coefficient (Wildman–Crippen LogP) is 2.40. The number of nitrogens with zero attached hydrogens (tertiary/aromatic N) is 2. The predicted molar refractivity (Wildman–Crippen MR) is 63.8 cm³/mol. The lowest BCUT2D eigenvalue weighted by Gasteiger charge is -2.04. The maximum absolute atomic E-state index is 13.4. The molecule has 0 spiro atoms. The van der Waals surface area contributed by atoms with Crippen LogP contribution in [-0.2, 0) is 6.54 Å². The molecule has 0 amide bonds. The van der Waals surface area contributed by atoms with Gasteiger partial charge < -0.3 is 10.3 Å². The molecule has 0 atom stereocenters. The summed E-state index contributed by atoms with van der Waals surface area (Å²) in [6.07, 6.45) is 5.37. The van der Waals surface area contributed by atoms with Gasteiger partial charge in [0.2, 0.25) is 0 Å². The molecule has 0 aliphatic carbocycles. The fraction of sp³-hybridized carbons (Fsp3) is 0.182. The summed E-state index contributed by atoms with van der Waals surface area (Å²) >= 11 is 1.47. The van der Waals surface area contributed by atoms with Gasteiger partial charge in [-0.15, -0.1) is 11.8 Å². The van der Waals surface area contributed by atoms with Crippen LogP contribution in [0.3, 0.4) is 0 Å². The minimum Gasteiger partial charge on any atom is -0.399 e. The molecule has 1 heterocycles. The first-order valence-corrected chi connectivity index (χ1v) is 5.88. The Morgan fingerprint density at radius 2 is 2.31 bits per heavy atom. The highest BCUT2D eigenvalue weighted by Crippen LogP contribution is 2.23. The first-order chi connectivity index (χ1) is 7.75. The van der Waals surface area contributed by atoms with Gasteiger partial charge >= 0.3 is 0 Å². The van der Waals surface area contributed by atoms with Crippen LogP contribution in [-0.4, -0.2) is 15.3 Å². The average Bonchev–Trinajstić information content (AvgIpc) is 2.74. The molecule has 0 radical (unpaired) electrons. The van der Waals surface area contributed by atoms with Crippen LogP contribution in [0.5, 0.6) is 0 Å². The number of anilines is 1. The van der Waals surface area contributed by atoms with E-state index in [2.05, 4.69) is 4.98 Å². The van der Waals surface area contributed by atoms with Gasteiger partial charge in [0.25, 0.3) is 0 Å². The van der Waals surface area contributed by atoms with Crippen LogP contribution in [0.4, 0.5) is 10.1 Å². The Morgan fingerprint density at radius 3 is 3.00 bits per heavy atom. The molecular formula is C11H12FN3S. The zero-order valence-corrected chi connectivity index (χ0v) is 9.45. The van der Waals surface area contributed by atoms with Crippen LogP contribution in [0, 0.1) is 5.82 Å². The number of benzene rings is 1. The van der Waals surface area contributed by atoms with E-state index in [-0.39, 0.29) is 5.82 Å². The molecule has 3 nitrogen and oxygen atoms in total. The minimum atomic E-state index is -0.254. The Hall–Kier alpha value is -1.49. The normalized spacial score (nSPS) is 10.6. The van der Waals surface area contributed by atoms with Crippen molar-refractivity contribution < 1.29 is 4.39 Å². The Bertz CT molecular complexity index is 456. The van der Waals surface area contributed by atoms with Gasteiger partial charge in [-0.2, -0.15) is 0 Å². The van der Waals surface area contributed by atoms with Crippen LogP contribution >= 0.6 is 11.8 Å². The Kier molecular flexibility index (Phi) is 3.46. The van der Waals surface area contributed by atoms with Gasteiger partial charge in [-0.05, 0) is 18.2 Å². The minimum absolute atomic E-state index is 0.254. The number of hydrogen-bond donors (Lipinski definition) is 1. The third kappa shape index (κ3) is 2.76. The summed E-state index contributed by atoms with van der Waals surface area (Å²) in [4.78, 5) is 4.57. The Morgan fingerprint density at radius 1 is 1.44 bits per heavy atom. The SMILES string of the molecule is Nc1ccc(SCCn2ccnc2)c(F)c1. The van der Waals surface area contributed by atoms with E-state index in [0.717, 1.165) is 12.3 Å². The number of nitrogens with two attached hydrogens (primary N) is 1. The Balaban J connectivity index is 1.90. The number of hydrogen-bond acceptors (Lipinski definition) is 3. The van der Waals surface area contributed by atoms with Crippen molar-refractivity contribution in [1.82, 2.24) is 9.55 Å². The molecule has 5 heteroatoms. The molecule has 0 saturated heterocycles. The zero-order chi connectivity index (χ0) is 11.4. The van der Waals surface area contributed by atoms with Crippen molar-refractivity contribution in [3.8, 4) is 0 Å². The van der Waals surface area contributed by atoms with Crippen molar-refractivity contribution in [3.63, 3.8) is 0 Å². The molecule has 16 heavy (non-hydrogen) atoms. The Labute approximate surface area is 97.5 Å². The second-order valence-electron chi connectivity index (χ2n) is 3.34. The van der Waals surface area contributed by atoms with E-state index in [0.29, 0.717) is 10.6 Å². The van der Waals surface area contributed by atoms with Crippen molar-refractivity contribution in [2.75, 3.05) is 11.5 Å². The van der Waals surface area contributed by atoms with E-state index in [1.165, 1.54) is 17.8 Å². The molecule has 0 aliphatic rings. The lowest BCUT2D eigenvalue weighted by atomic mass is 10.3. The maximum atomic E-state index is 13.4. The number of aryl methyl sites for hydroxylation is 1. The second kappa shape index (κ2) is 5.03. The van der Waals surface area contributed by atoms with Gasteiger partial charge in [-0.25, -0.2) is 9.37 Å². The molecule has 1 aromatic heterocycles. The number of nitrogen functional groups attached to an aromatic ring is 1. The lowest BCUT2D eigenvalue weighted by Crippen LogP contribution is -1.97. The summed E-state index contributed by atoms with van der Waals surface area (Å²) in [6.45, 7) is 0.814. The second-order valence-corrected chi connectivity index (χ2v) is 4.48. The summed E-state index contributed by atoms with van der Waals surface area (Å²) in [5.41, 5.74) is 5.93. The number of aromatic nitrogens is 2. The van der Waals surface area contributed by atoms with Gasteiger partial charge in [0.1, 0.15) is 5.82 Å². The van der Waals surface area contributed by atoms with Gasteiger partial charge in [0.05, 0.1) is 6.33 Å². The van der Waals surface area contributed by atoms with Crippen molar-refractivity contribution in [1.29, 1.82) is 0 Å². The first-order valence-electron chi connectivity index (χ1n) is 4.89. The number of rotatable bonds is 4. The van der Waals surface area contributed by atoms with Crippen LogP contribution in [0.15, 0.2) is 41.8 Å². The fourth-order valence-corrected chi connectivity index (χ4v) is 2.20. The van der Waals surface area contributed by atoms with E-state index in [9.17, 15) is 4.39 Å². The molecule has 1 aromatic carbocycles. The smallest absolute Gasteiger partial charge is 0.138 e. The van der Waals surface area contributed by atoms with E-state index >= 15 is 0 Å². The molecule has 0 aliphatic heterocycles. The summed E-state index contributed by atoms with van der Waals surface area (Å²) < 4.78 is 15.4. The van der Waals surface area contributed by atoms with Gasteiger partial charge in [-0.1, -0.05) is 0 Å². The summed E-state index contributed by atoms with van der Waals surface area (Å²) in [5, 5.41) is 0. The van der Waals surface area contributed by atoms with Crippen molar-refractivity contribution in [3.05, 3.63) is 42.7 Å². The molecule has 0 fully saturated rings. The van der Waals surface area contributed by atoms with Gasteiger partial charge in [0, 0.05) is 35.3 Å². The van der Waals surface area contributed by atoms with Gasteiger partial charge in [-0.3, -0.25) is 0 Å². The monoisotopic (exact) mass is 237 g/mol. The summed E-state index contributed by atoms with van der Waals surface area (Å²) in [5.74, 6) is 0.549. The maximum Gasteiger partial charge on any atom is 0.138 e. The molecule has 0 bridgehead atoms. The van der Waals surface area contributed by atoms with Crippen LogP contribution in [0.25, 0.3) is 0 Å². The molecule has 2 aromatic rings. The largest absolute Gasteiger partial charge is 0.399 e. The molecule has 2 rings (SSSR count). The van der Waals surface area contributed by atoms with Gasteiger partial charge in [0.15, 0.2) is 0 Å². The van der Waals surface area contributed by atoms with E-state index in [1.54, 1.807) is 24.7 Å². The number of imidazole rings is 1. The standard InChI is InChI=1S/C11H12FN3S/c12-10-7-9(13)1-2-11(10)16-6-5-15-4-3-14-8-15/h1-4,7-8H,5-6,13H2. The lowest BCUT2D eigenvalue weighted by molar-refractivity contribution is 0.602. The number of thioether (sulfide) groups is 1. The topological polar surface area (TPSA) is 43.8 Å². The van der Waals surface area contributed by atoms with Crippen LogP contribution < -0.4 is 5.73 Å². The summed E-state index contributed by atoms with van der Waals surface area (Å²) in [6, 6.07) is 4.77. The average molecular weight is 237 g/mol. The third-order valence-electron chi connectivity index (χ3n) is 2.12. The van der Waals surface area contributed by atoms with E-state index in [1.807, 2.05) is 10.8 Å². The third-order valence-corrected chi connectivity index (χ3v) is 3.15. The highest BCUT2D eigenvalue weighted by molar-refractivity contribution is 7.99. The molecule has 84 valence electrons. The highest BCUT2D eigenvalue weighted by Gasteiger charge is 2.02. The number of halogens is 1. The fourth-order valence-electron chi connectivity index (χ4n) is 1.31. The van der Waals surface area contributed by atoms with Crippen molar-refractivity contribution in [2.45, 2.75) is 11.4 Å². The van der Waals surface area contributed by atoms with E-state index in [4.69, 9.17) is 5.73 Å². The first kappa shape index (κ1) is 11.0. The molecular weight excluding hydrogens is 225 g/mol. The molecule has 0 saturated carbocycles. The molecule has 0 unspecified atom stereocenters. The zero-order valence-electron chi connectivity index (χ0n) is 8.64. The summed E-state index contributed by atoms with van der Waals surface area (Å²) in [7, 11) is 0. The van der Waals surface area contributed by atoms with Crippen molar-refractivity contribution in [2.24, 2.45) is 0 Å². The van der Waals surface area contributed by atoms with Crippen LogP contribution in [0.2, 0.25) is 0 Å². The van der Waals surface area contributed by atoms with E-state index < -0.39 is 0 Å². The highest BCUT2D eigenvalue weighted by atomic mass is 32.2. The van der Waals surface area contributed by atoms with Crippen LogP contribution in [0.1, 0.15) is 0 Å². The quantitative estimate of drug-likeness (QED) is 0.656. The van der Waals surface area contributed by atoms with Crippen molar-refractivity contribution >= 4 is 17.4 Å². The molecule has 2 N–H and O–H groups in total.